The zero-order valence-corrected chi connectivity index (χ0v) is 8.30. The van der Waals surface area contributed by atoms with Gasteiger partial charge in [0.1, 0.15) is 11.6 Å². The van der Waals surface area contributed by atoms with Crippen LogP contribution in [-0.4, -0.2) is 15.1 Å². The van der Waals surface area contributed by atoms with Crippen LogP contribution in [0.25, 0.3) is 0 Å². The van der Waals surface area contributed by atoms with Crippen LogP contribution in [0, 0.1) is 5.82 Å². The van der Waals surface area contributed by atoms with E-state index in [1.165, 1.54) is 36.7 Å². The first-order valence-corrected chi connectivity index (χ1v) is 4.63. The van der Waals surface area contributed by atoms with Crippen LogP contribution in [0.4, 0.5) is 4.39 Å². The van der Waals surface area contributed by atoms with Crippen LogP contribution < -0.4 is 4.74 Å². The highest BCUT2D eigenvalue weighted by molar-refractivity contribution is 5.25. The summed E-state index contributed by atoms with van der Waals surface area (Å²) >= 11 is 0. The molecule has 16 heavy (non-hydrogen) atoms. The van der Waals surface area contributed by atoms with E-state index in [0.717, 1.165) is 0 Å². The van der Waals surface area contributed by atoms with Crippen molar-refractivity contribution in [2.24, 2.45) is 0 Å². The second kappa shape index (κ2) is 4.67. The van der Waals surface area contributed by atoms with E-state index >= 15 is 0 Å². The molecule has 0 saturated heterocycles. The summed E-state index contributed by atoms with van der Waals surface area (Å²) in [5.41, 5.74) is 0.603. The smallest absolute Gasteiger partial charge is 0.321 e. The third-order valence-electron chi connectivity index (χ3n) is 1.89. The number of aromatic nitrogens is 2. The Kier molecular flexibility index (Phi) is 3.07. The number of benzene rings is 1. The maximum Gasteiger partial charge on any atom is 0.321 e. The lowest BCUT2D eigenvalue weighted by Crippen LogP contribution is -1.93. The highest BCUT2D eigenvalue weighted by atomic mass is 19.1. The normalized spacial score (nSPS) is 10.1. The molecule has 0 aliphatic carbocycles. The lowest BCUT2D eigenvalue weighted by atomic mass is 10.3. The van der Waals surface area contributed by atoms with E-state index in [2.05, 4.69) is 9.97 Å². The van der Waals surface area contributed by atoms with Crippen molar-refractivity contribution in [3.05, 3.63) is 48.0 Å². The van der Waals surface area contributed by atoms with Crippen LogP contribution in [0.2, 0.25) is 0 Å². The molecule has 0 atom stereocenters. The molecule has 0 aliphatic rings. The minimum atomic E-state index is -0.330. The summed E-state index contributed by atoms with van der Waals surface area (Å²) in [5, 5.41) is 8.79. The third-order valence-corrected chi connectivity index (χ3v) is 1.89. The first-order chi connectivity index (χ1) is 7.78. The number of aliphatic hydroxyl groups excluding tert-OH is 1. The molecule has 0 spiro atoms. The van der Waals surface area contributed by atoms with Gasteiger partial charge in [0.25, 0.3) is 0 Å². The molecule has 1 aromatic heterocycles. The fourth-order valence-corrected chi connectivity index (χ4v) is 1.09. The molecule has 5 heteroatoms. The molecule has 2 aromatic rings. The molecule has 4 nitrogen and oxygen atoms in total. The van der Waals surface area contributed by atoms with Gasteiger partial charge in [0.05, 0.1) is 6.61 Å². The fraction of sp³-hybridized carbons (Fsp3) is 0.0909. The Bertz CT molecular complexity index is 456. The fourth-order valence-electron chi connectivity index (χ4n) is 1.09. The molecule has 0 aliphatic heterocycles. The molecule has 0 unspecified atom stereocenters. The second-order valence-corrected chi connectivity index (χ2v) is 3.09. The number of aliphatic hydroxyl groups is 1. The van der Waals surface area contributed by atoms with Crippen LogP contribution in [0.1, 0.15) is 5.56 Å². The van der Waals surface area contributed by atoms with Gasteiger partial charge in [-0.3, -0.25) is 0 Å². The van der Waals surface area contributed by atoms with Gasteiger partial charge in [-0.05, 0) is 24.3 Å². The molecule has 82 valence electrons. The first kappa shape index (κ1) is 10.5. The molecule has 0 saturated carbocycles. The maximum absolute atomic E-state index is 12.6. The van der Waals surface area contributed by atoms with E-state index in [1.54, 1.807) is 0 Å². The summed E-state index contributed by atoms with van der Waals surface area (Å²) in [6.45, 7) is -0.114. The van der Waals surface area contributed by atoms with Gasteiger partial charge >= 0.3 is 6.01 Å². The van der Waals surface area contributed by atoms with E-state index in [4.69, 9.17) is 9.84 Å². The summed E-state index contributed by atoms with van der Waals surface area (Å²) < 4.78 is 17.9. The Morgan fingerprint density at radius 3 is 2.31 bits per heavy atom. The topological polar surface area (TPSA) is 55.2 Å². The van der Waals surface area contributed by atoms with E-state index in [0.29, 0.717) is 11.3 Å². The largest absolute Gasteiger partial charge is 0.424 e. The zero-order chi connectivity index (χ0) is 11.4. The van der Waals surface area contributed by atoms with Gasteiger partial charge < -0.3 is 9.84 Å². The number of rotatable bonds is 3. The number of halogens is 1. The predicted molar refractivity (Wildman–Crippen MR) is 54.4 cm³/mol. The van der Waals surface area contributed by atoms with Crippen molar-refractivity contribution in [2.75, 3.05) is 0 Å². The van der Waals surface area contributed by atoms with E-state index in [-0.39, 0.29) is 18.4 Å². The minimum Gasteiger partial charge on any atom is -0.424 e. The summed E-state index contributed by atoms with van der Waals surface area (Å²) in [6.07, 6.45) is 2.93. The van der Waals surface area contributed by atoms with Crippen molar-refractivity contribution >= 4 is 0 Å². The van der Waals surface area contributed by atoms with Crippen molar-refractivity contribution in [1.82, 2.24) is 9.97 Å². The summed E-state index contributed by atoms with van der Waals surface area (Å²) in [5.74, 6) is 0.127. The molecule has 0 bridgehead atoms. The highest BCUT2D eigenvalue weighted by Gasteiger charge is 2.00. The molecule has 0 fully saturated rings. The van der Waals surface area contributed by atoms with Crippen LogP contribution in [0.3, 0.4) is 0 Å². The molecule has 1 aromatic carbocycles. The molecule has 2 rings (SSSR count). The third kappa shape index (κ3) is 2.52. The Balaban J connectivity index is 2.11. The summed E-state index contributed by atoms with van der Waals surface area (Å²) in [7, 11) is 0. The van der Waals surface area contributed by atoms with E-state index in [1.807, 2.05) is 0 Å². The van der Waals surface area contributed by atoms with Gasteiger partial charge in [-0.1, -0.05) is 0 Å². The Labute approximate surface area is 91.4 Å². The first-order valence-electron chi connectivity index (χ1n) is 4.63. The van der Waals surface area contributed by atoms with E-state index < -0.39 is 0 Å². The Morgan fingerprint density at radius 2 is 1.75 bits per heavy atom. The van der Waals surface area contributed by atoms with Crippen LogP contribution in [-0.2, 0) is 6.61 Å². The Hall–Kier alpha value is -2.01. The lowest BCUT2D eigenvalue weighted by molar-refractivity contribution is 0.280. The Morgan fingerprint density at radius 1 is 1.12 bits per heavy atom. The minimum absolute atomic E-state index is 0.114. The van der Waals surface area contributed by atoms with Gasteiger partial charge in [0.15, 0.2) is 0 Å². The van der Waals surface area contributed by atoms with Crippen LogP contribution in [0.5, 0.6) is 11.8 Å². The molecule has 0 radical (unpaired) electrons. The summed E-state index contributed by atoms with van der Waals surface area (Å²) in [6, 6.07) is 5.70. The molecule has 1 heterocycles. The van der Waals surface area contributed by atoms with Gasteiger partial charge in [0.2, 0.25) is 0 Å². The van der Waals surface area contributed by atoms with Gasteiger partial charge in [-0.2, -0.15) is 0 Å². The van der Waals surface area contributed by atoms with Gasteiger partial charge in [-0.25, -0.2) is 14.4 Å². The van der Waals surface area contributed by atoms with Crippen LogP contribution in [0.15, 0.2) is 36.7 Å². The SMILES string of the molecule is OCc1cnc(Oc2ccc(F)cc2)nc1. The maximum atomic E-state index is 12.6. The number of hydrogen-bond donors (Lipinski definition) is 1. The number of nitrogens with zero attached hydrogens (tertiary/aromatic N) is 2. The molecular formula is C11H9FN2O2. The zero-order valence-electron chi connectivity index (χ0n) is 8.30. The van der Waals surface area contributed by atoms with Crippen molar-refractivity contribution in [3.63, 3.8) is 0 Å². The molecule has 1 N–H and O–H groups in total. The predicted octanol–water partition coefficient (Wildman–Crippen LogP) is 1.90. The average Bonchev–Trinajstić information content (AvgIpc) is 2.33. The van der Waals surface area contributed by atoms with Crippen LogP contribution >= 0.6 is 0 Å². The number of ether oxygens (including phenoxy) is 1. The monoisotopic (exact) mass is 220 g/mol. The lowest BCUT2D eigenvalue weighted by Gasteiger charge is -2.03. The quantitative estimate of drug-likeness (QED) is 0.858. The molecular weight excluding hydrogens is 211 g/mol. The number of hydrogen-bond acceptors (Lipinski definition) is 4. The standard InChI is InChI=1S/C11H9FN2O2/c12-9-1-3-10(4-2-9)16-11-13-5-8(7-15)6-14-11/h1-6,15H,7H2. The molecule has 0 amide bonds. The summed E-state index contributed by atoms with van der Waals surface area (Å²) in [4.78, 5) is 7.76. The average molecular weight is 220 g/mol. The highest BCUT2D eigenvalue weighted by Crippen LogP contribution is 2.17. The van der Waals surface area contributed by atoms with Gasteiger partial charge in [-0.15, -0.1) is 0 Å². The second-order valence-electron chi connectivity index (χ2n) is 3.09. The van der Waals surface area contributed by atoms with Crippen molar-refractivity contribution < 1.29 is 14.2 Å². The van der Waals surface area contributed by atoms with Crippen molar-refractivity contribution in [2.45, 2.75) is 6.61 Å². The van der Waals surface area contributed by atoms with E-state index in [9.17, 15) is 4.39 Å². The van der Waals surface area contributed by atoms with Gasteiger partial charge in [0, 0.05) is 18.0 Å². The van der Waals surface area contributed by atoms with Crippen molar-refractivity contribution in [1.29, 1.82) is 0 Å². The van der Waals surface area contributed by atoms with Crippen molar-refractivity contribution in [3.8, 4) is 11.8 Å².